The smallest absolute Gasteiger partial charge is 0.327 e. The van der Waals surface area contributed by atoms with Gasteiger partial charge in [-0.1, -0.05) is 6.42 Å². The quantitative estimate of drug-likeness (QED) is 0.204. The van der Waals surface area contributed by atoms with E-state index in [4.69, 9.17) is 16.6 Å². The highest BCUT2D eigenvalue weighted by Crippen LogP contribution is 1.97. The van der Waals surface area contributed by atoms with Crippen molar-refractivity contribution in [1.82, 2.24) is 10.6 Å². The van der Waals surface area contributed by atoms with Crippen LogP contribution in [-0.4, -0.2) is 53.8 Å². The molecule has 0 radical (unpaired) electrons. The normalized spacial score (nSPS) is 13.3. The Morgan fingerprint density at radius 3 is 2.40 bits per heavy atom. The van der Waals surface area contributed by atoms with Crippen molar-refractivity contribution in [3.8, 4) is 0 Å². The summed E-state index contributed by atoms with van der Waals surface area (Å²) < 4.78 is 0. The Bertz CT molecular complexity index is 340. The van der Waals surface area contributed by atoms with E-state index in [1.807, 2.05) is 0 Å². The van der Waals surface area contributed by atoms with Gasteiger partial charge in [-0.05, 0) is 19.4 Å². The van der Waals surface area contributed by atoms with Crippen molar-refractivity contribution in [2.75, 3.05) is 18.8 Å². The molecule has 0 aliphatic rings. The molecule has 0 aliphatic heterocycles. The highest BCUT2D eigenvalue weighted by molar-refractivity contribution is 7.80. The SMILES string of the molecule is NCCCC[C@H](N)C(=O)NCC(=O)N[C@@H](CS)C(=O)O. The molecule has 116 valence electrons. The lowest BCUT2D eigenvalue weighted by atomic mass is 10.1. The zero-order chi connectivity index (χ0) is 15.5. The van der Waals surface area contributed by atoms with Crippen LogP contribution in [0.3, 0.4) is 0 Å². The van der Waals surface area contributed by atoms with Gasteiger partial charge in [0.15, 0.2) is 0 Å². The van der Waals surface area contributed by atoms with Gasteiger partial charge in [0.25, 0.3) is 0 Å². The Hall–Kier alpha value is -1.32. The number of nitrogens with one attached hydrogen (secondary N) is 2. The first-order chi connectivity index (χ1) is 9.42. The summed E-state index contributed by atoms with van der Waals surface area (Å²) >= 11 is 3.81. The Balaban J connectivity index is 3.98. The molecular formula is C11H22N4O4S. The molecule has 7 N–H and O–H groups in total. The topological polar surface area (TPSA) is 148 Å². The fourth-order valence-corrected chi connectivity index (χ4v) is 1.62. The molecule has 0 bridgehead atoms. The van der Waals surface area contributed by atoms with E-state index in [2.05, 4.69) is 23.3 Å². The van der Waals surface area contributed by atoms with Crippen molar-refractivity contribution in [2.45, 2.75) is 31.3 Å². The number of amides is 2. The van der Waals surface area contributed by atoms with E-state index in [-0.39, 0.29) is 12.3 Å². The van der Waals surface area contributed by atoms with Crippen molar-refractivity contribution in [2.24, 2.45) is 11.5 Å². The van der Waals surface area contributed by atoms with Crippen LogP contribution >= 0.6 is 12.6 Å². The summed E-state index contributed by atoms with van der Waals surface area (Å²) in [6.45, 7) is 0.220. The van der Waals surface area contributed by atoms with E-state index in [0.29, 0.717) is 13.0 Å². The zero-order valence-electron chi connectivity index (χ0n) is 11.2. The summed E-state index contributed by atoms with van der Waals surface area (Å²) in [7, 11) is 0. The molecule has 9 heteroatoms. The van der Waals surface area contributed by atoms with Gasteiger partial charge in [-0.3, -0.25) is 9.59 Å². The molecule has 0 saturated carbocycles. The first-order valence-electron chi connectivity index (χ1n) is 6.28. The number of rotatable bonds is 10. The standard InChI is InChI=1S/C11H22N4O4S/c12-4-2-1-3-7(13)10(17)14-5-9(16)15-8(6-20)11(18)19/h7-8,20H,1-6,12-13H2,(H,14,17)(H,15,16)(H,18,19)/t7-,8-/m0/s1. The minimum absolute atomic E-state index is 0.0341. The third-order valence-corrected chi connectivity index (χ3v) is 2.91. The molecular weight excluding hydrogens is 284 g/mol. The van der Waals surface area contributed by atoms with Gasteiger partial charge in [-0.2, -0.15) is 12.6 Å². The number of carboxylic acid groups (broad SMARTS) is 1. The third kappa shape index (κ3) is 7.97. The molecule has 0 aliphatic carbocycles. The number of carboxylic acids is 1. The van der Waals surface area contributed by atoms with Crippen LogP contribution in [0.2, 0.25) is 0 Å². The number of nitrogens with two attached hydrogens (primary N) is 2. The molecule has 0 saturated heterocycles. The summed E-state index contributed by atoms with van der Waals surface area (Å²) in [5, 5.41) is 13.3. The minimum Gasteiger partial charge on any atom is -0.480 e. The Morgan fingerprint density at radius 1 is 1.25 bits per heavy atom. The van der Waals surface area contributed by atoms with Crippen LogP contribution in [-0.2, 0) is 14.4 Å². The van der Waals surface area contributed by atoms with Crippen molar-refractivity contribution in [3.63, 3.8) is 0 Å². The van der Waals surface area contributed by atoms with E-state index in [9.17, 15) is 14.4 Å². The molecule has 0 rings (SSSR count). The Labute approximate surface area is 123 Å². The van der Waals surface area contributed by atoms with Crippen LogP contribution < -0.4 is 22.1 Å². The molecule has 0 heterocycles. The lowest BCUT2D eigenvalue weighted by molar-refractivity contribution is -0.141. The fourth-order valence-electron chi connectivity index (χ4n) is 1.37. The van der Waals surface area contributed by atoms with Crippen LogP contribution in [0.4, 0.5) is 0 Å². The second-order valence-electron chi connectivity index (χ2n) is 4.25. The van der Waals surface area contributed by atoms with Gasteiger partial charge in [0.2, 0.25) is 11.8 Å². The van der Waals surface area contributed by atoms with Crippen molar-refractivity contribution in [1.29, 1.82) is 0 Å². The van der Waals surface area contributed by atoms with Gasteiger partial charge in [0.05, 0.1) is 12.6 Å². The summed E-state index contributed by atoms with van der Waals surface area (Å²) in [5.41, 5.74) is 11.0. The van der Waals surface area contributed by atoms with Gasteiger partial charge in [-0.15, -0.1) is 0 Å². The van der Waals surface area contributed by atoms with E-state index in [1.165, 1.54) is 0 Å². The van der Waals surface area contributed by atoms with Gasteiger partial charge < -0.3 is 27.2 Å². The minimum atomic E-state index is -1.18. The van der Waals surface area contributed by atoms with Crippen LogP contribution in [0.25, 0.3) is 0 Å². The number of hydrogen-bond acceptors (Lipinski definition) is 6. The van der Waals surface area contributed by atoms with Crippen molar-refractivity contribution in [3.05, 3.63) is 0 Å². The lowest BCUT2D eigenvalue weighted by Gasteiger charge is -2.14. The van der Waals surface area contributed by atoms with Crippen molar-refractivity contribution >= 4 is 30.4 Å². The first kappa shape index (κ1) is 18.7. The zero-order valence-corrected chi connectivity index (χ0v) is 12.1. The second kappa shape index (κ2) is 10.5. The predicted molar refractivity (Wildman–Crippen MR) is 77.3 cm³/mol. The Morgan fingerprint density at radius 2 is 1.90 bits per heavy atom. The van der Waals surface area contributed by atoms with Crippen LogP contribution in [0, 0.1) is 0 Å². The van der Waals surface area contributed by atoms with Crippen molar-refractivity contribution < 1.29 is 19.5 Å². The molecule has 8 nitrogen and oxygen atoms in total. The van der Waals surface area contributed by atoms with Crippen LogP contribution in [0.15, 0.2) is 0 Å². The number of aliphatic carboxylic acids is 1. The van der Waals surface area contributed by atoms with E-state index in [1.54, 1.807) is 0 Å². The van der Waals surface area contributed by atoms with Crippen LogP contribution in [0.1, 0.15) is 19.3 Å². The monoisotopic (exact) mass is 306 g/mol. The summed E-state index contributed by atoms with van der Waals surface area (Å²) in [6.07, 6.45) is 2.00. The number of carbonyl (C=O) groups excluding carboxylic acids is 2. The number of carbonyl (C=O) groups is 3. The largest absolute Gasteiger partial charge is 0.480 e. The van der Waals surface area contributed by atoms with Gasteiger partial charge >= 0.3 is 5.97 Å². The second-order valence-corrected chi connectivity index (χ2v) is 4.61. The molecule has 0 aromatic carbocycles. The van der Waals surface area contributed by atoms with Gasteiger partial charge in [-0.25, -0.2) is 4.79 Å². The molecule has 0 aromatic heterocycles. The molecule has 2 atom stereocenters. The average molecular weight is 306 g/mol. The van der Waals surface area contributed by atoms with Crippen LogP contribution in [0.5, 0.6) is 0 Å². The maximum Gasteiger partial charge on any atom is 0.327 e. The molecule has 2 amide bonds. The highest BCUT2D eigenvalue weighted by Gasteiger charge is 2.19. The lowest BCUT2D eigenvalue weighted by Crippen LogP contribution is -2.49. The maximum atomic E-state index is 11.6. The molecule has 0 fully saturated rings. The van der Waals surface area contributed by atoms with Gasteiger partial charge in [0.1, 0.15) is 6.04 Å². The summed E-state index contributed by atoms with van der Waals surface area (Å²) in [5.74, 6) is -2.27. The highest BCUT2D eigenvalue weighted by atomic mass is 32.1. The average Bonchev–Trinajstić information content (AvgIpc) is 2.41. The first-order valence-corrected chi connectivity index (χ1v) is 6.92. The maximum absolute atomic E-state index is 11.6. The van der Waals surface area contributed by atoms with E-state index >= 15 is 0 Å². The summed E-state index contributed by atoms with van der Waals surface area (Å²) in [6, 6.07) is -1.78. The molecule has 0 unspecified atom stereocenters. The third-order valence-electron chi connectivity index (χ3n) is 2.55. The van der Waals surface area contributed by atoms with Gasteiger partial charge in [0, 0.05) is 5.75 Å². The van der Waals surface area contributed by atoms with E-state index in [0.717, 1.165) is 12.8 Å². The summed E-state index contributed by atoms with van der Waals surface area (Å²) in [4.78, 5) is 33.7. The van der Waals surface area contributed by atoms with E-state index < -0.39 is 29.9 Å². The molecule has 20 heavy (non-hydrogen) atoms. The number of unbranched alkanes of at least 4 members (excludes halogenated alkanes) is 1. The fraction of sp³-hybridized carbons (Fsp3) is 0.727. The Kier molecular flexibility index (Phi) is 9.77. The molecule has 0 spiro atoms. The molecule has 0 aromatic rings. The number of hydrogen-bond donors (Lipinski definition) is 6. The number of thiol groups is 1. The predicted octanol–water partition coefficient (Wildman–Crippen LogP) is -1.94.